The molecule has 3 rings (SSSR count). The first-order valence-electron chi connectivity index (χ1n) is 9.18. The van der Waals surface area contributed by atoms with Crippen LogP contribution in [0, 0.1) is 5.41 Å². The number of anilines is 1. The highest BCUT2D eigenvalue weighted by Gasteiger charge is 2.51. The highest BCUT2D eigenvalue weighted by Crippen LogP contribution is 2.49. The summed E-state index contributed by atoms with van der Waals surface area (Å²) in [5, 5.41) is 10.6. The van der Waals surface area contributed by atoms with Crippen molar-refractivity contribution in [3.05, 3.63) is 42.0 Å². The fourth-order valence-electron chi connectivity index (χ4n) is 4.16. The molecule has 0 radical (unpaired) electrons. The van der Waals surface area contributed by atoms with Gasteiger partial charge in [-0.05, 0) is 68.7 Å². The first-order valence-corrected chi connectivity index (χ1v) is 9.18. The van der Waals surface area contributed by atoms with E-state index in [0.29, 0.717) is 19.4 Å². The van der Waals surface area contributed by atoms with Gasteiger partial charge in [0, 0.05) is 19.3 Å². The summed E-state index contributed by atoms with van der Waals surface area (Å²) < 4.78 is 5.11. The molecule has 1 heterocycles. The Bertz CT molecular complexity index is 642. The lowest BCUT2D eigenvalue weighted by molar-refractivity contribution is -0.129. The molecule has 0 aromatic heterocycles. The Morgan fingerprint density at radius 2 is 1.84 bits per heavy atom. The largest absolute Gasteiger partial charge is 0.386 e. The highest BCUT2D eigenvalue weighted by molar-refractivity contribution is 6.00. The first-order chi connectivity index (χ1) is 11.9. The fraction of sp³-hybridized carbons (Fsp3) is 0.571. The molecule has 0 atom stereocenters. The third kappa shape index (κ3) is 3.38. The van der Waals surface area contributed by atoms with Gasteiger partial charge in [-0.3, -0.25) is 4.79 Å². The summed E-state index contributed by atoms with van der Waals surface area (Å²) in [6.45, 7) is 7.27. The predicted molar refractivity (Wildman–Crippen MR) is 99.7 cm³/mol. The monoisotopic (exact) mass is 343 g/mol. The molecular formula is C21H29NO3. The molecule has 0 unspecified atom stereocenters. The van der Waals surface area contributed by atoms with Gasteiger partial charge in [-0.1, -0.05) is 18.7 Å². The molecule has 1 saturated heterocycles. The minimum absolute atomic E-state index is 0.223. The quantitative estimate of drug-likeness (QED) is 0.833. The number of aliphatic hydroxyl groups is 1. The lowest BCUT2D eigenvalue weighted by Crippen LogP contribution is -2.43. The van der Waals surface area contributed by atoms with Crippen LogP contribution in [0.1, 0.15) is 44.6 Å². The highest BCUT2D eigenvalue weighted by atomic mass is 16.5. The second-order valence-corrected chi connectivity index (χ2v) is 7.71. The zero-order valence-electron chi connectivity index (χ0n) is 15.4. The third-order valence-electron chi connectivity index (χ3n) is 6.18. The summed E-state index contributed by atoms with van der Waals surface area (Å²) >= 11 is 0. The molecule has 1 amide bonds. The number of rotatable bonds is 5. The van der Waals surface area contributed by atoms with Gasteiger partial charge in [-0.25, -0.2) is 0 Å². The number of nitrogens with zero attached hydrogens (tertiary/aromatic N) is 1. The second kappa shape index (κ2) is 6.93. The van der Waals surface area contributed by atoms with Crippen molar-refractivity contribution in [2.45, 2.75) is 51.0 Å². The zero-order valence-corrected chi connectivity index (χ0v) is 15.4. The van der Waals surface area contributed by atoms with Crippen molar-refractivity contribution in [3.8, 4) is 0 Å². The Morgan fingerprint density at radius 1 is 1.20 bits per heavy atom. The average Bonchev–Trinajstić information content (AvgIpc) is 2.93. The van der Waals surface area contributed by atoms with Crippen LogP contribution in [0.3, 0.4) is 0 Å². The number of carbonyl (C=O) groups is 1. The van der Waals surface area contributed by atoms with E-state index in [0.717, 1.165) is 43.5 Å². The Labute approximate surface area is 150 Å². The average molecular weight is 343 g/mol. The van der Waals surface area contributed by atoms with E-state index in [4.69, 9.17) is 4.74 Å². The van der Waals surface area contributed by atoms with Gasteiger partial charge in [0.05, 0.1) is 17.6 Å². The number of amides is 1. The van der Waals surface area contributed by atoms with Crippen LogP contribution in [0.5, 0.6) is 0 Å². The molecule has 4 nitrogen and oxygen atoms in total. The van der Waals surface area contributed by atoms with Crippen LogP contribution in [0.15, 0.2) is 36.4 Å². The van der Waals surface area contributed by atoms with Gasteiger partial charge in [-0.15, -0.1) is 0 Å². The van der Waals surface area contributed by atoms with Crippen molar-refractivity contribution in [1.29, 1.82) is 0 Å². The summed E-state index contributed by atoms with van der Waals surface area (Å²) in [5.74, 6) is 0.223. The van der Waals surface area contributed by atoms with Crippen molar-refractivity contribution < 1.29 is 14.6 Å². The topological polar surface area (TPSA) is 49.8 Å². The van der Waals surface area contributed by atoms with Gasteiger partial charge in [0.15, 0.2) is 0 Å². The SMILES string of the molecule is C=C(C)[C@]1(O)CC[C@]2(CCN(c3ccc(CCOC)cc3)C2=O)CC1. The van der Waals surface area contributed by atoms with Crippen LogP contribution in [0.25, 0.3) is 0 Å². The van der Waals surface area contributed by atoms with Crippen LogP contribution in [-0.4, -0.2) is 36.9 Å². The molecule has 1 aromatic carbocycles. The van der Waals surface area contributed by atoms with E-state index >= 15 is 0 Å². The normalized spacial score (nSPS) is 29.4. The third-order valence-corrected chi connectivity index (χ3v) is 6.18. The molecule has 1 N–H and O–H groups in total. The van der Waals surface area contributed by atoms with Gasteiger partial charge < -0.3 is 14.7 Å². The summed E-state index contributed by atoms with van der Waals surface area (Å²) in [6.07, 6.45) is 4.53. The van der Waals surface area contributed by atoms with Crippen LogP contribution >= 0.6 is 0 Å². The van der Waals surface area contributed by atoms with Crippen molar-refractivity contribution in [1.82, 2.24) is 0 Å². The molecule has 2 fully saturated rings. The van der Waals surface area contributed by atoms with E-state index in [1.165, 1.54) is 5.56 Å². The standard InChI is InChI=1S/C21H29NO3/c1-16(2)21(24)11-9-20(10-12-21)13-14-22(19(20)23)18-6-4-17(5-7-18)8-15-25-3/h4-7,24H,1,8-15H2,2-3H3/t20-,21+. The van der Waals surface area contributed by atoms with E-state index in [1.54, 1.807) is 7.11 Å². The van der Waals surface area contributed by atoms with Crippen molar-refractivity contribution >= 4 is 11.6 Å². The minimum atomic E-state index is -0.790. The lowest BCUT2D eigenvalue weighted by atomic mass is 9.66. The molecular weight excluding hydrogens is 314 g/mol. The molecule has 2 aliphatic rings. The van der Waals surface area contributed by atoms with Gasteiger partial charge in [0.1, 0.15) is 0 Å². The van der Waals surface area contributed by atoms with Crippen LogP contribution in [-0.2, 0) is 16.0 Å². The van der Waals surface area contributed by atoms with E-state index < -0.39 is 5.60 Å². The Hall–Kier alpha value is -1.65. The Balaban J connectivity index is 1.69. The number of hydrogen-bond acceptors (Lipinski definition) is 3. The second-order valence-electron chi connectivity index (χ2n) is 7.71. The van der Waals surface area contributed by atoms with Crippen LogP contribution < -0.4 is 4.90 Å². The van der Waals surface area contributed by atoms with E-state index in [-0.39, 0.29) is 11.3 Å². The van der Waals surface area contributed by atoms with Gasteiger partial charge in [-0.2, -0.15) is 0 Å². The number of ether oxygens (including phenoxy) is 1. The van der Waals surface area contributed by atoms with Crippen LogP contribution in [0.4, 0.5) is 5.69 Å². The van der Waals surface area contributed by atoms with Crippen molar-refractivity contribution in [2.24, 2.45) is 5.41 Å². The summed E-state index contributed by atoms with van der Waals surface area (Å²) in [7, 11) is 1.70. The molecule has 136 valence electrons. The Kier molecular flexibility index (Phi) is 5.03. The molecule has 1 aliphatic carbocycles. The molecule has 25 heavy (non-hydrogen) atoms. The molecule has 1 aromatic rings. The summed E-state index contributed by atoms with van der Waals surface area (Å²) in [4.78, 5) is 15.0. The predicted octanol–water partition coefficient (Wildman–Crippen LogP) is 3.48. The number of carbonyl (C=O) groups excluding carboxylic acids is 1. The molecule has 4 heteroatoms. The Morgan fingerprint density at radius 3 is 2.40 bits per heavy atom. The summed E-state index contributed by atoms with van der Waals surface area (Å²) in [5.41, 5.74) is 1.93. The van der Waals surface area contributed by atoms with E-state index in [2.05, 4.69) is 18.7 Å². The lowest BCUT2D eigenvalue weighted by Gasteiger charge is -2.41. The van der Waals surface area contributed by atoms with Crippen molar-refractivity contribution in [2.75, 3.05) is 25.2 Å². The number of methoxy groups -OCH3 is 1. The molecule has 1 aliphatic heterocycles. The molecule has 1 saturated carbocycles. The fourth-order valence-corrected chi connectivity index (χ4v) is 4.16. The smallest absolute Gasteiger partial charge is 0.233 e. The maximum absolute atomic E-state index is 13.1. The van der Waals surface area contributed by atoms with Crippen molar-refractivity contribution in [3.63, 3.8) is 0 Å². The van der Waals surface area contributed by atoms with E-state index in [1.807, 2.05) is 24.0 Å². The molecule has 1 spiro atoms. The van der Waals surface area contributed by atoms with Gasteiger partial charge >= 0.3 is 0 Å². The first kappa shape index (κ1) is 18.2. The zero-order chi connectivity index (χ0) is 18.1. The van der Waals surface area contributed by atoms with Gasteiger partial charge in [0.25, 0.3) is 0 Å². The molecule has 0 bridgehead atoms. The minimum Gasteiger partial charge on any atom is -0.386 e. The van der Waals surface area contributed by atoms with E-state index in [9.17, 15) is 9.90 Å². The van der Waals surface area contributed by atoms with Gasteiger partial charge in [0.2, 0.25) is 5.91 Å². The maximum atomic E-state index is 13.1. The van der Waals surface area contributed by atoms with Crippen LogP contribution in [0.2, 0.25) is 0 Å². The summed E-state index contributed by atoms with van der Waals surface area (Å²) in [6, 6.07) is 8.23. The maximum Gasteiger partial charge on any atom is 0.233 e. The number of benzene rings is 1. The number of hydrogen-bond donors (Lipinski definition) is 1.